The Bertz CT molecular complexity index is 359. The first-order chi connectivity index (χ1) is 8.10. The molecule has 0 radical (unpaired) electrons. The Balaban J connectivity index is 2.94. The summed E-state index contributed by atoms with van der Waals surface area (Å²) in [4.78, 5) is 0.952. The largest absolute Gasteiger partial charge is 0.396 e. The molecule has 0 fully saturated rings. The first-order valence-corrected chi connectivity index (χ1v) is 6.71. The molecule has 2 nitrogen and oxygen atoms in total. The van der Waals surface area contributed by atoms with Crippen molar-refractivity contribution in [2.45, 2.75) is 36.5 Å². The summed E-state index contributed by atoms with van der Waals surface area (Å²) in [5.74, 6) is -0.173. The highest BCUT2D eigenvalue weighted by molar-refractivity contribution is 8.00. The van der Waals surface area contributed by atoms with Crippen molar-refractivity contribution in [2.24, 2.45) is 0 Å². The van der Waals surface area contributed by atoms with Crippen LogP contribution in [0.4, 0.5) is 4.39 Å². The van der Waals surface area contributed by atoms with E-state index in [9.17, 15) is 4.39 Å². The summed E-state index contributed by atoms with van der Waals surface area (Å²) in [5.41, 5.74) is 0.713. The number of nitrogens with one attached hydrogen (secondary N) is 1. The highest BCUT2D eigenvalue weighted by Crippen LogP contribution is 2.33. The number of halogens is 1. The van der Waals surface area contributed by atoms with E-state index in [1.807, 2.05) is 27.0 Å². The van der Waals surface area contributed by atoms with E-state index in [0.29, 0.717) is 12.0 Å². The Morgan fingerprint density at radius 1 is 1.41 bits per heavy atom. The normalized spacial score (nSPS) is 14.6. The van der Waals surface area contributed by atoms with Crippen molar-refractivity contribution >= 4 is 11.8 Å². The van der Waals surface area contributed by atoms with Crippen LogP contribution in [-0.2, 0) is 0 Å². The molecule has 0 saturated carbocycles. The van der Waals surface area contributed by atoms with Gasteiger partial charge >= 0.3 is 0 Å². The zero-order valence-electron chi connectivity index (χ0n) is 10.5. The van der Waals surface area contributed by atoms with Crippen LogP contribution in [0.25, 0.3) is 0 Å². The topological polar surface area (TPSA) is 32.3 Å². The van der Waals surface area contributed by atoms with E-state index < -0.39 is 0 Å². The lowest BCUT2D eigenvalue weighted by Gasteiger charge is -2.18. The molecule has 0 saturated heterocycles. The summed E-state index contributed by atoms with van der Waals surface area (Å²) in [6.07, 6.45) is 0.717. The maximum atomic E-state index is 13.8. The van der Waals surface area contributed by atoms with E-state index in [4.69, 9.17) is 5.11 Å². The lowest BCUT2D eigenvalue weighted by atomic mass is 10.1. The van der Waals surface area contributed by atoms with Gasteiger partial charge in [0.2, 0.25) is 0 Å². The molecule has 0 spiro atoms. The molecule has 4 heteroatoms. The number of benzene rings is 1. The van der Waals surface area contributed by atoms with Crippen molar-refractivity contribution in [2.75, 3.05) is 13.7 Å². The summed E-state index contributed by atoms with van der Waals surface area (Å²) in [7, 11) is 1.82. The Morgan fingerprint density at radius 2 is 2.12 bits per heavy atom. The molecule has 1 rings (SSSR count). The molecule has 0 aliphatic heterocycles. The number of aliphatic hydroxyl groups is 1. The van der Waals surface area contributed by atoms with Crippen molar-refractivity contribution in [3.63, 3.8) is 0 Å². The van der Waals surface area contributed by atoms with Gasteiger partial charge in [0, 0.05) is 28.4 Å². The van der Waals surface area contributed by atoms with E-state index in [1.54, 1.807) is 17.8 Å². The fourth-order valence-corrected chi connectivity index (χ4v) is 2.86. The second kappa shape index (κ2) is 6.99. The minimum atomic E-state index is -0.173. The zero-order chi connectivity index (χ0) is 12.8. The molecule has 0 amide bonds. The molecule has 2 N–H and O–H groups in total. The predicted octanol–water partition coefficient (Wildman–Crippen LogP) is 2.97. The Hall–Kier alpha value is -0.580. The zero-order valence-corrected chi connectivity index (χ0v) is 11.4. The highest BCUT2D eigenvalue weighted by atomic mass is 32.2. The number of aliphatic hydroxyl groups excluding tert-OH is 1. The van der Waals surface area contributed by atoms with Gasteiger partial charge in [0.25, 0.3) is 0 Å². The lowest BCUT2D eigenvalue weighted by Crippen LogP contribution is -2.15. The first-order valence-electron chi connectivity index (χ1n) is 5.83. The van der Waals surface area contributed by atoms with Gasteiger partial charge in [0.05, 0.1) is 0 Å². The Morgan fingerprint density at radius 3 is 2.71 bits per heavy atom. The van der Waals surface area contributed by atoms with Gasteiger partial charge in [0.1, 0.15) is 5.82 Å². The van der Waals surface area contributed by atoms with Gasteiger partial charge in [-0.3, -0.25) is 0 Å². The van der Waals surface area contributed by atoms with Gasteiger partial charge < -0.3 is 10.4 Å². The van der Waals surface area contributed by atoms with E-state index in [0.717, 1.165) is 4.90 Å². The smallest absolute Gasteiger partial charge is 0.129 e. The first kappa shape index (κ1) is 14.5. The predicted molar refractivity (Wildman–Crippen MR) is 70.9 cm³/mol. The highest BCUT2D eigenvalue weighted by Gasteiger charge is 2.16. The molecule has 0 aliphatic rings. The van der Waals surface area contributed by atoms with Crippen LogP contribution in [0, 0.1) is 5.82 Å². The number of hydrogen-bond donors (Lipinski definition) is 2. The Labute approximate surface area is 107 Å². The van der Waals surface area contributed by atoms with E-state index in [2.05, 4.69) is 5.32 Å². The molecular formula is C13H20FNOS. The average molecular weight is 257 g/mol. The van der Waals surface area contributed by atoms with Crippen molar-refractivity contribution in [3.8, 4) is 0 Å². The van der Waals surface area contributed by atoms with E-state index in [1.165, 1.54) is 6.07 Å². The third kappa shape index (κ3) is 3.98. The van der Waals surface area contributed by atoms with Crippen molar-refractivity contribution < 1.29 is 9.50 Å². The third-order valence-electron chi connectivity index (χ3n) is 2.74. The van der Waals surface area contributed by atoms with Gasteiger partial charge in [-0.2, -0.15) is 0 Å². The van der Waals surface area contributed by atoms with Crippen LogP contribution < -0.4 is 5.32 Å². The minimum Gasteiger partial charge on any atom is -0.396 e. The number of thioether (sulfide) groups is 1. The van der Waals surface area contributed by atoms with Crippen LogP contribution >= 0.6 is 11.8 Å². The van der Waals surface area contributed by atoms with Gasteiger partial charge in [-0.1, -0.05) is 13.0 Å². The van der Waals surface area contributed by atoms with Gasteiger partial charge in [-0.25, -0.2) is 4.39 Å². The molecule has 2 unspecified atom stereocenters. The second-order valence-electron chi connectivity index (χ2n) is 4.10. The molecule has 0 heterocycles. The lowest BCUT2D eigenvalue weighted by molar-refractivity contribution is 0.289. The molecule has 1 aromatic carbocycles. The van der Waals surface area contributed by atoms with Crippen LogP contribution in [0.15, 0.2) is 23.1 Å². The molecule has 96 valence electrons. The minimum absolute atomic E-state index is 0.0139. The van der Waals surface area contributed by atoms with Crippen LogP contribution in [0.1, 0.15) is 31.9 Å². The summed E-state index contributed by atoms with van der Waals surface area (Å²) < 4.78 is 13.8. The quantitative estimate of drug-likeness (QED) is 0.768. The molecule has 1 aromatic rings. The van der Waals surface area contributed by atoms with Crippen LogP contribution in [-0.4, -0.2) is 24.0 Å². The average Bonchev–Trinajstić information content (AvgIpc) is 2.28. The van der Waals surface area contributed by atoms with Crippen molar-refractivity contribution in [3.05, 3.63) is 29.6 Å². The third-order valence-corrected chi connectivity index (χ3v) is 3.99. The van der Waals surface area contributed by atoms with Gasteiger partial charge in [0.15, 0.2) is 0 Å². The molecule has 0 bridgehead atoms. The number of rotatable bonds is 6. The fraction of sp³-hybridized carbons (Fsp3) is 0.538. The molecule has 0 aliphatic carbocycles. The van der Waals surface area contributed by atoms with E-state index in [-0.39, 0.29) is 23.7 Å². The van der Waals surface area contributed by atoms with Crippen LogP contribution in [0.3, 0.4) is 0 Å². The maximum absolute atomic E-state index is 13.8. The van der Waals surface area contributed by atoms with Crippen LogP contribution in [0.2, 0.25) is 0 Å². The summed E-state index contributed by atoms with van der Waals surface area (Å²) in [6, 6.07) is 5.14. The van der Waals surface area contributed by atoms with Crippen molar-refractivity contribution in [1.29, 1.82) is 0 Å². The van der Waals surface area contributed by atoms with Gasteiger partial charge in [-0.05, 0) is 32.5 Å². The van der Waals surface area contributed by atoms with Crippen LogP contribution in [0.5, 0.6) is 0 Å². The van der Waals surface area contributed by atoms with E-state index >= 15 is 0 Å². The molecule has 2 atom stereocenters. The molecule has 17 heavy (non-hydrogen) atoms. The standard InChI is InChI=1S/C13H20FNOS/c1-9(7-8-16)17-12-6-4-5-11(14)13(12)10(2)15-3/h4-6,9-10,15-16H,7-8H2,1-3H3. The fourth-order valence-electron chi connectivity index (χ4n) is 1.64. The summed E-state index contributed by atoms with van der Waals surface area (Å²) in [5, 5.41) is 12.2. The van der Waals surface area contributed by atoms with Gasteiger partial charge in [-0.15, -0.1) is 11.8 Å². The summed E-state index contributed by atoms with van der Waals surface area (Å²) in [6.45, 7) is 4.15. The second-order valence-corrected chi connectivity index (χ2v) is 5.58. The monoisotopic (exact) mass is 257 g/mol. The molecule has 0 aromatic heterocycles. The SMILES string of the molecule is CNC(C)c1c(F)cccc1SC(C)CCO. The Kier molecular flexibility index (Phi) is 5.95. The summed E-state index contributed by atoms with van der Waals surface area (Å²) >= 11 is 1.61. The molecular weight excluding hydrogens is 237 g/mol. The number of hydrogen-bond acceptors (Lipinski definition) is 3. The maximum Gasteiger partial charge on any atom is 0.129 e. The van der Waals surface area contributed by atoms with Crippen molar-refractivity contribution in [1.82, 2.24) is 5.32 Å².